The van der Waals surface area contributed by atoms with Gasteiger partial charge in [0.25, 0.3) is 5.72 Å². The largest absolute Gasteiger partial charge is 0.439 e. The quantitative estimate of drug-likeness (QED) is 0.899. The molecule has 1 aliphatic carbocycles. The Hall–Kier alpha value is -1.89. The van der Waals surface area contributed by atoms with E-state index in [1.165, 1.54) is 0 Å². The van der Waals surface area contributed by atoms with Gasteiger partial charge in [-0.15, -0.1) is 0 Å². The number of carbonyl (C=O) groups is 1. The van der Waals surface area contributed by atoms with Gasteiger partial charge in [0.1, 0.15) is 0 Å². The van der Waals surface area contributed by atoms with E-state index in [1.807, 2.05) is 0 Å². The number of fused-ring (bicyclic) bond motifs is 1. The second kappa shape index (κ2) is 5.88. The van der Waals surface area contributed by atoms with Crippen molar-refractivity contribution in [3.8, 4) is 0 Å². The summed E-state index contributed by atoms with van der Waals surface area (Å²) in [5.74, 6) is -2.21. The average Bonchev–Trinajstić information content (AvgIpc) is 2.84. The molecule has 7 heteroatoms. The smallest absolute Gasteiger partial charge is 0.362 e. The van der Waals surface area contributed by atoms with Crippen molar-refractivity contribution in [2.24, 2.45) is 16.9 Å². The Morgan fingerprint density at radius 1 is 1.33 bits per heavy atom. The molecule has 0 spiro atoms. The molecule has 4 nitrogen and oxygen atoms in total. The van der Waals surface area contributed by atoms with Crippen LogP contribution in [0, 0.1) is 11.8 Å². The van der Waals surface area contributed by atoms with Crippen LogP contribution in [0.5, 0.6) is 0 Å². The van der Waals surface area contributed by atoms with E-state index in [-0.39, 0.29) is 29.5 Å². The van der Waals surface area contributed by atoms with Crippen molar-refractivity contribution in [3.05, 3.63) is 35.9 Å². The lowest BCUT2D eigenvalue weighted by molar-refractivity contribution is -0.317. The lowest BCUT2D eigenvalue weighted by Crippen LogP contribution is -2.62. The fourth-order valence-corrected chi connectivity index (χ4v) is 3.59. The summed E-state index contributed by atoms with van der Waals surface area (Å²) in [7, 11) is 0. The Kier molecular flexibility index (Phi) is 4.15. The first kappa shape index (κ1) is 17.0. The molecule has 1 amide bonds. The zero-order chi connectivity index (χ0) is 17.5. The third-order valence-corrected chi connectivity index (χ3v) is 4.87. The molecule has 2 aliphatic rings. The van der Waals surface area contributed by atoms with Crippen LogP contribution < -0.4 is 0 Å². The van der Waals surface area contributed by atoms with E-state index in [0.29, 0.717) is 18.4 Å². The minimum Gasteiger partial charge on any atom is -0.362 e. The first-order valence-electron chi connectivity index (χ1n) is 7.99. The second-order valence-corrected chi connectivity index (χ2v) is 6.50. The number of rotatable bonds is 2. The number of aliphatic hydroxyl groups is 1. The molecule has 24 heavy (non-hydrogen) atoms. The predicted octanol–water partition coefficient (Wildman–Crippen LogP) is 3.11. The van der Waals surface area contributed by atoms with Gasteiger partial charge < -0.3 is 5.11 Å². The number of hydrazone groups is 1. The molecule has 0 radical (unpaired) electrons. The van der Waals surface area contributed by atoms with Crippen molar-refractivity contribution in [3.63, 3.8) is 0 Å². The molecule has 0 unspecified atom stereocenters. The van der Waals surface area contributed by atoms with E-state index in [9.17, 15) is 23.1 Å². The molecule has 1 heterocycles. The summed E-state index contributed by atoms with van der Waals surface area (Å²) in [5, 5.41) is 14.7. The fourth-order valence-electron chi connectivity index (χ4n) is 3.59. The monoisotopic (exact) mass is 340 g/mol. The number of amides is 1. The summed E-state index contributed by atoms with van der Waals surface area (Å²) < 4.78 is 41.0. The molecule has 130 valence electrons. The van der Waals surface area contributed by atoms with Gasteiger partial charge in [-0.1, -0.05) is 43.7 Å². The van der Waals surface area contributed by atoms with Gasteiger partial charge in [0, 0.05) is 5.71 Å². The molecular formula is C17H19F3N2O2. The predicted molar refractivity (Wildman–Crippen MR) is 81.9 cm³/mol. The van der Waals surface area contributed by atoms with E-state index < -0.39 is 23.7 Å². The second-order valence-electron chi connectivity index (χ2n) is 6.50. The first-order chi connectivity index (χ1) is 11.2. The highest BCUT2D eigenvalue weighted by atomic mass is 19.4. The molecule has 0 bridgehead atoms. The van der Waals surface area contributed by atoms with Crippen LogP contribution in [0.4, 0.5) is 13.2 Å². The van der Waals surface area contributed by atoms with Gasteiger partial charge in [0.05, 0.1) is 12.3 Å². The molecule has 1 fully saturated rings. The number of alkyl halides is 3. The van der Waals surface area contributed by atoms with E-state index in [2.05, 4.69) is 5.10 Å². The van der Waals surface area contributed by atoms with Crippen molar-refractivity contribution in [2.45, 2.75) is 44.5 Å². The highest BCUT2D eigenvalue weighted by Gasteiger charge is 2.68. The minimum atomic E-state index is -4.97. The zero-order valence-corrected chi connectivity index (χ0v) is 13.3. The van der Waals surface area contributed by atoms with Crippen molar-refractivity contribution < 1.29 is 23.1 Å². The van der Waals surface area contributed by atoms with Crippen molar-refractivity contribution in [2.75, 3.05) is 0 Å². The number of nitrogens with zero attached hydrogens (tertiary/aromatic N) is 2. The standard InChI is InChI=1S/C17H19F3N2O2/c1-11-6-5-9-13-15(11)21-22(16(13,24)17(18,19)20)14(23)10-12-7-3-2-4-8-12/h2-4,7-8,11,13,24H,5-6,9-10H2,1H3/t11-,13-,16+/m1/s1. The highest BCUT2D eigenvalue weighted by molar-refractivity contribution is 5.95. The molecule has 1 N–H and O–H groups in total. The van der Waals surface area contributed by atoms with Crippen molar-refractivity contribution >= 4 is 11.6 Å². The number of carbonyl (C=O) groups excluding carboxylic acids is 1. The number of hydrogen-bond acceptors (Lipinski definition) is 3. The molecule has 3 rings (SSSR count). The third kappa shape index (κ3) is 2.60. The van der Waals surface area contributed by atoms with E-state index >= 15 is 0 Å². The minimum absolute atomic E-state index is 0.174. The number of halogens is 3. The Labute approximate surface area is 138 Å². The van der Waals surface area contributed by atoms with E-state index in [4.69, 9.17) is 0 Å². The summed E-state index contributed by atoms with van der Waals surface area (Å²) in [5.41, 5.74) is -2.39. The van der Waals surface area contributed by atoms with Gasteiger partial charge in [0.2, 0.25) is 5.91 Å². The van der Waals surface area contributed by atoms with Crippen LogP contribution in [-0.4, -0.2) is 33.6 Å². The van der Waals surface area contributed by atoms with Gasteiger partial charge in [-0.05, 0) is 24.3 Å². The Morgan fingerprint density at radius 2 is 2.00 bits per heavy atom. The molecule has 1 saturated carbocycles. The third-order valence-electron chi connectivity index (χ3n) is 4.87. The summed E-state index contributed by atoms with van der Waals surface area (Å²) in [6.07, 6.45) is -3.74. The molecule has 1 aliphatic heterocycles. The maximum absolute atomic E-state index is 13.7. The molecule has 0 saturated heterocycles. The average molecular weight is 340 g/mol. The summed E-state index contributed by atoms with van der Waals surface area (Å²) in [6.45, 7) is 1.78. The van der Waals surface area contributed by atoms with Crippen LogP contribution in [0.3, 0.4) is 0 Å². The van der Waals surface area contributed by atoms with Crippen LogP contribution in [0.1, 0.15) is 31.7 Å². The van der Waals surface area contributed by atoms with Crippen molar-refractivity contribution in [1.29, 1.82) is 0 Å². The molecule has 1 aromatic carbocycles. The molecule has 0 aromatic heterocycles. The lowest BCUT2D eigenvalue weighted by Gasteiger charge is -2.39. The number of hydrogen-bond donors (Lipinski definition) is 1. The topological polar surface area (TPSA) is 52.9 Å². The Morgan fingerprint density at radius 3 is 2.62 bits per heavy atom. The molecule has 3 atom stereocenters. The fraction of sp³-hybridized carbons (Fsp3) is 0.529. The van der Waals surface area contributed by atoms with Crippen LogP contribution in [0.2, 0.25) is 0 Å². The van der Waals surface area contributed by atoms with Crippen molar-refractivity contribution in [1.82, 2.24) is 5.01 Å². The highest BCUT2D eigenvalue weighted by Crippen LogP contribution is 2.49. The van der Waals surface area contributed by atoms with E-state index in [1.54, 1.807) is 37.3 Å². The van der Waals surface area contributed by atoms with Crippen LogP contribution in [0.25, 0.3) is 0 Å². The summed E-state index contributed by atoms with van der Waals surface area (Å²) in [6, 6.07) is 8.48. The lowest BCUT2D eigenvalue weighted by atomic mass is 9.75. The maximum Gasteiger partial charge on any atom is 0.439 e. The SMILES string of the molecule is C[C@@H]1CCC[C@@H]2C1=NN(C(=O)Cc1ccccc1)[C@@]2(O)C(F)(F)F. The Bertz CT molecular complexity index is 660. The molecular weight excluding hydrogens is 321 g/mol. The summed E-state index contributed by atoms with van der Waals surface area (Å²) in [4.78, 5) is 12.5. The number of benzene rings is 1. The Balaban J connectivity index is 1.95. The van der Waals surface area contributed by atoms with Gasteiger partial charge in [0.15, 0.2) is 0 Å². The van der Waals surface area contributed by atoms with Crippen LogP contribution >= 0.6 is 0 Å². The van der Waals surface area contributed by atoms with Gasteiger partial charge in [-0.2, -0.15) is 23.3 Å². The molecule has 1 aromatic rings. The normalized spacial score (nSPS) is 30.0. The summed E-state index contributed by atoms with van der Waals surface area (Å²) >= 11 is 0. The van der Waals surface area contributed by atoms with Crippen LogP contribution in [0.15, 0.2) is 35.4 Å². The van der Waals surface area contributed by atoms with Gasteiger partial charge in [-0.25, -0.2) is 0 Å². The zero-order valence-electron chi connectivity index (χ0n) is 13.3. The maximum atomic E-state index is 13.7. The van der Waals surface area contributed by atoms with Gasteiger partial charge in [-0.3, -0.25) is 4.79 Å². The van der Waals surface area contributed by atoms with Gasteiger partial charge >= 0.3 is 6.18 Å². The first-order valence-corrected chi connectivity index (χ1v) is 7.99. The van der Waals surface area contributed by atoms with E-state index in [0.717, 1.165) is 0 Å². The van der Waals surface area contributed by atoms with Crippen LogP contribution in [-0.2, 0) is 11.2 Å².